The number of alkyl halides is 3. The number of amides is 1. The van der Waals surface area contributed by atoms with Crippen LogP contribution in [0.5, 0.6) is 0 Å². The number of halogens is 3. The van der Waals surface area contributed by atoms with Crippen molar-refractivity contribution in [2.24, 2.45) is 5.92 Å². The minimum absolute atomic E-state index is 0.0595. The molecule has 1 saturated carbocycles. The van der Waals surface area contributed by atoms with Crippen LogP contribution in [-0.2, 0) is 11.0 Å². The lowest BCUT2D eigenvalue weighted by Crippen LogP contribution is -2.35. The molecule has 1 amide bonds. The summed E-state index contributed by atoms with van der Waals surface area (Å²) < 4.78 is 38.7. The molecule has 1 aromatic carbocycles. The molecule has 1 aliphatic carbocycles. The van der Waals surface area contributed by atoms with Gasteiger partial charge in [0.25, 0.3) is 0 Å². The van der Waals surface area contributed by atoms with Crippen LogP contribution >= 0.6 is 0 Å². The van der Waals surface area contributed by atoms with Crippen molar-refractivity contribution in [3.63, 3.8) is 0 Å². The minimum Gasteiger partial charge on any atom is -0.368 e. The summed E-state index contributed by atoms with van der Waals surface area (Å²) in [6.07, 6.45) is 2.74. The molecule has 1 aliphatic heterocycles. The average molecular weight is 404 g/mol. The van der Waals surface area contributed by atoms with Crippen LogP contribution in [0.25, 0.3) is 11.1 Å². The highest BCUT2D eigenvalue weighted by Crippen LogP contribution is 2.40. The van der Waals surface area contributed by atoms with Crippen molar-refractivity contribution in [2.75, 3.05) is 12.3 Å². The average Bonchev–Trinajstić information content (AvgIpc) is 3.39. The van der Waals surface area contributed by atoms with E-state index in [2.05, 4.69) is 9.97 Å². The smallest absolute Gasteiger partial charge is 0.368 e. The van der Waals surface area contributed by atoms with Crippen molar-refractivity contribution in [1.82, 2.24) is 14.9 Å². The van der Waals surface area contributed by atoms with E-state index in [4.69, 9.17) is 5.73 Å². The first-order valence-corrected chi connectivity index (χ1v) is 9.95. The number of rotatable bonds is 3. The normalized spacial score (nSPS) is 20.4. The molecule has 2 N–H and O–H groups in total. The van der Waals surface area contributed by atoms with Crippen LogP contribution in [0, 0.1) is 5.92 Å². The first kappa shape index (κ1) is 19.7. The zero-order valence-electron chi connectivity index (χ0n) is 16.0. The van der Waals surface area contributed by atoms with Crippen LogP contribution in [0.4, 0.5) is 19.1 Å². The van der Waals surface area contributed by atoms with Gasteiger partial charge in [-0.2, -0.15) is 13.2 Å². The van der Waals surface area contributed by atoms with E-state index in [9.17, 15) is 18.0 Å². The molecule has 0 spiro atoms. The first-order chi connectivity index (χ1) is 13.8. The molecular formula is C21H23F3N4O. The summed E-state index contributed by atoms with van der Waals surface area (Å²) in [6, 6.07) is 4.70. The van der Waals surface area contributed by atoms with Gasteiger partial charge in [-0.25, -0.2) is 9.97 Å². The Labute approximate surface area is 167 Å². The predicted octanol–water partition coefficient (Wildman–Crippen LogP) is 4.60. The summed E-state index contributed by atoms with van der Waals surface area (Å²) in [7, 11) is 0. The SMILES string of the molecule is Nc1ncc(-c2ccc(C(F)(F)F)cc2)c([C@H]2CCCN2C(=O)C2CCCC2)n1. The lowest BCUT2D eigenvalue weighted by Gasteiger charge is -2.28. The van der Waals surface area contributed by atoms with E-state index in [-0.39, 0.29) is 23.8 Å². The van der Waals surface area contributed by atoms with Gasteiger partial charge in [-0.1, -0.05) is 25.0 Å². The zero-order valence-corrected chi connectivity index (χ0v) is 16.0. The van der Waals surface area contributed by atoms with Crippen molar-refractivity contribution in [3.8, 4) is 11.1 Å². The number of nitrogens with zero attached hydrogens (tertiary/aromatic N) is 3. The monoisotopic (exact) mass is 404 g/mol. The molecule has 5 nitrogen and oxygen atoms in total. The van der Waals surface area contributed by atoms with Gasteiger partial charge in [0.2, 0.25) is 11.9 Å². The van der Waals surface area contributed by atoms with Crippen molar-refractivity contribution in [1.29, 1.82) is 0 Å². The quantitative estimate of drug-likeness (QED) is 0.812. The Kier molecular flexibility index (Phi) is 5.19. The molecule has 4 rings (SSSR count). The van der Waals surface area contributed by atoms with Gasteiger partial charge in [-0.15, -0.1) is 0 Å². The van der Waals surface area contributed by atoms with Crippen molar-refractivity contribution < 1.29 is 18.0 Å². The lowest BCUT2D eigenvalue weighted by atomic mass is 9.98. The molecule has 2 fully saturated rings. The molecule has 1 atom stereocenters. The second-order valence-electron chi connectivity index (χ2n) is 7.77. The maximum absolute atomic E-state index is 13.0. The first-order valence-electron chi connectivity index (χ1n) is 9.95. The van der Waals surface area contributed by atoms with Crippen LogP contribution in [0.2, 0.25) is 0 Å². The minimum atomic E-state index is -4.39. The summed E-state index contributed by atoms with van der Waals surface area (Å²) in [4.78, 5) is 23.4. The summed E-state index contributed by atoms with van der Waals surface area (Å²) in [5.74, 6) is 0.306. The molecule has 1 saturated heterocycles. The van der Waals surface area contributed by atoms with E-state index in [1.54, 1.807) is 0 Å². The van der Waals surface area contributed by atoms with Crippen LogP contribution in [0.15, 0.2) is 30.5 Å². The van der Waals surface area contributed by atoms with Crippen LogP contribution < -0.4 is 5.73 Å². The highest BCUT2D eigenvalue weighted by atomic mass is 19.4. The third-order valence-corrected chi connectivity index (χ3v) is 5.92. The zero-order chi connectivity index (χ0) is 20.6. The summed E-state index contributed by atoms with van der Waals surface area (Å²) in [5, 5.41) is 0. The Balaban J connectivity index is 1.68. The van der Waals surface area contributed by atoms with Crippen LogP contribution in [-0.4, -0.2) is 27.3 Å². The number of benzene rings is 1. The number of carbonyl (C=O) groups is 1. The van der Waals surface area contributed by atoms with E-state index < -0.39 is 11.7 Å². The number of nitrogens with two attached hydrogens (primary N) is 1. The van der Waals surface area contributed by atoms with Gasteiger partial charge in [0.1, 0.15) is 0 Å². The number of carbonyl (C=O) groups excluding carboxylic acids is 1. The third kappa shape index (κ3) is 3.93. The number of anilines is 1. The fourth-order valence-corrected chi connectivity index (χ4v) is 4.45. The standard InChI is InChI=1S/C21H23F3N4O/c22-21(23,24)15-9-7-13(8-10-15)16-12-26-20(25)27-18(16)17-6-3-11-28(17)19(29)14-4-1-2-5-14/h7-10,12,14,17H,1-6,11H2,(H2,25,26,27)/t17-/m1/s1. The number of likely N-dealkylation sites (tertiary alicyclic amines) is 1. The van der Waals surface area contributed by atoms with Gasteiger partial charge in [-0.05, 0) is 43.4 Å². The van der Waals surface area contributed by atoms with Crippen molar-refractivity contribution >= 4 is 11.9 Å². The fourth-order valence-electron chi connectivity index (χ4n) is 4.45. The van der Waals surface area contributed by atoms with Gasteiger partial charge in [0.15, 0.2) is 0 Å². The molecule has 154 valence electrons. The molecule has 1 aromatic heterocycles. The molecule has 2 heterocycles. The maximum Gasteiger partial charge on any atom is 0.416 e. The van der Waals surface area contributed by atoms with Crippen LogP contribution in [0.3, 0.4) is 0 Å². The van der Waals surface area contributed by atoms with Crippen molar-refractivity contribution in [3.05, 3.63) is 41.7 Å². The summed E-state index contributed by atoms with van der Waals surface area (Å²) in [5.41, 5.74) is 6.92. The van der Waals surface area contributed by atoms with Crippen LogP contribution in [0.1, 0.15) is 55.8 Å². The Bertz CT molecular complexity index is 892. The topological polar surface area (TPSA) is 72.1 Å². The van der Waals surface area contributed by atoms with E-state index in [1.165, 1.54) is 18.3 Å². The maximum atomic E-state index is 13.0. The Morgan fingerprint density at radius 1 is 1.07 bits per heavy atom. The van der Waals surface area contributed by atoms with E-state index in [0.717, 1.165) is 50.7 Å². The predicted molar refractivity (Wildman–Crippen MR) is 103 cm³/mol. The summed E-state index contributed by atoms with van der Waals surface area (Å²) in [6.45, 7) is 0.663. The molecular weight excluding hydrogens is 381 g/mol. The molecule has 0 unspecified atom stereocenters. The van der Waals surface area contributed by atoms with Crippen molar-refractivity contribution in [2.45, 2.75) is 50.7 Å². The second kappa shape index (κ2) is 7.65. The Hall–Kier alpha value is -2.64. The van der Waals surface area contributed by atoms with Gasteiger partial charge >= 0.3 is 6.18 Å². The van der Waals surface area contributed by atoms with Gasteiger partial charge in [0.05, 0.1) is 17.3 Å². The number of nitrogen functional groups attached to an aromatic ring is 1. The molecule has 0 radical (unpaired) electrons. The number of hydrogen-bond donors (Lipinski definition) is 1. The van der Waals surface area contributed by atoms with E-state index >= 15 is 0 Å². The Morgan fingerprint density at radius 3 is 2.41 bits per heavy atom. The van der Waals surface area contributed by atoms with Gasteiger partial charge in [-0.3, -0.25) is 4.79 Å². The van der Waals surface area contributed by atoms with E-state index in [0.29, 0.717) is 23.4 Å². The summed E-state index contributed by atoms with van der Waals surface area (Å²) >= 11 is 0. The highest BCUT2D eigenvalue weighted by molar-refractivity contribution is 5.80. The molecule has 8 heteroatoms. The molecule has 29 heavy (non-hydrogen) atoms. The lowest BCUT2D eigenvalue weighted by molar-refractivity contribution is -0.138. The van der Waals surface area contributed by atoms with Gasteiger partial charge < -0.3 is 10.6 Å². The fraction of sp³-hybridized carbons (Fsp3) is 0.476. The molecule has 2 aliphatic rings. The molecule has 0 bridgehead atoms. The number of aromatic nitrogens is 2. The van der Waals surface area contributed by atoms with E-state index in [1.807, 2.05) is 4.90 Å². The second-order valence-corrected chi connectivity index (χ2v) is 7.77. The molecule has 2 aromatic rings. The third-order valence-electron chi connectivity index (χ3n) is 5.92. The highest BCUT2D eigenvalue weighted by Gasteiger charge is 2.37. The largest absolute Gasteiger partial charge is 0.416 e. The number of hydrogen-bond acceptors (Lipinski definition) is 4. The van der Waals surface area contributed by atoms with Gasteiger partial charge in [0, 0.05) is 24.2 Å². The Morgan fingerprint density at radius 2 is 1.76 bits per heavy atom.